The number of ether oxygens (including phenoxy) is 3. The molecule has 0 saturated heterocycles. The fraction of sp³-hybridized carbons (Fsp3) is 0.312. The van der Waals surface area contributed by atoms with Crippen LogP contribution >= 0.6 is 23.2 Å². The summed E-state index contributed by atoms with van der Waals surface area (Å²) in [5.41, 5.74) is 10.0. The summed E-state index contributed by atoms with van der Waals surface area (Å²) in [6.45, 7) is 11.6. The van der Waals surface area contributed by atoms with Crippen molar-refractivity contribution in [2.45, 2.75) is 66.7 Å². The number of anilines is 1. The second kappa shape index (κ2) is 17.0. The number of carbonyl (C=O) groups is 2. The van der Waals surface area contributed by atoms with Crippen LogP contribution in [0.1, 0.15) is 74.0 Å². The molecule has 316 valence electrons. The van der Waals surface area contributed by atoms with Crippen LogP contribution in [0.4, 0.5) is 5.69 Å². The zero-order valence-electron chi connectivity index (χ0n) is 35.4. The number of carboxylic acids is 1. The van der Waals surface area contributed by atoms with E-state index in [9.17, 15) is 9.90 Å². The lowest BCUT2D eigenvalue weighted by molar-refractivity contribution is 0.0683. The first-order valence-corrected chi connectivity index (χ1v) is 21.2. The first kappa shape index (κ1) is 42.0. The Kier molecular flexibility index (Phi) is 11.7. The summed E-state index contributed by atoms with van der Waals surface area (Å²) in [7, 11) is 3.50. The number of aromatic carboxylic acids is 1. The van der Waals surface area contributed by atoms with Crippen molar-refractivity contribution < 1.29 is 28.9 Å². The van der Waals surface area contributed by atoms with E-state index in [0.717, 1.165) is 66.4 Å². The molecule has 3 aromatic heterocycles. The number of aryl methyl sites for hydroxylation is 5. The maximum absolute atomic E-state index is 15.6. The van der Waals surface area contributed by atoms with Gasteiger partial charge in [-0.05, 0) is 100 Å². The van der Waals surface area contributed by atoms with Crippen LogP contribution in [0.25, 0.3) is 32.9 Å². The molecular weight excluding hydrogens is 813 g/mol. The van der Waals surface area contributed by atoms with E-state index in [1.165, 1.54) is 0 Å². The average molecular weight is 863 g/mol. The third kappa shape index (κ3) is 7.64. The van der Waals surface area contributed by atoms with Crippen molar-refractivity contribution in [3.05, 3.63) is 128 Å². The molecule has 0 unspecified atom stereocenters. The Hall–Kier alpha value is -5.75. The predicted octanol–water partition coefficient (Wildman–Crippen LogP) is 10.7. The normalized spacial score (nSPS) is 14.0. The van der Waals surface area contributed by atoms with Crippen LogP contribution in [0.5, 0.6) is 11.5 Å². The van der Waals surface area contributed by atoms with Gasteiger partial charge in [0.15, 0.2) is 0 Å². The smallest absolute Gasteiger partial charge is 0.352 e. The van der Waals surface area contributed by atoms with Gasteiger partial charge in [-0.3, -0.25) is 9.48 Å². The zero-order chi connectivity index (χ0) is 43.3. The molecule has 7 aromatic rings. The quantitative estimate of drug-likeness (QED) is 0.108. The summed E-state index contributed by atoms with van der Waals surface area (Å²) in [5, 5.41) is 18.0. The van der Waals surface area contributed by atoms with Gasteiger partial charge in [-0.15, -0.1) is 0 Å². The molecule has 1 aliphatic heterocycles. The number of hydrogen-bond acceptors (Lipinski definition) is 6. The lowest BCUT2D eigenvalue weighted by Crippen LogP contribution is -2.43. The number of aromatic nitrogens is 4. The van der Waals surface area contributed by atoms with Gasteiger partial charge in [0.1, 0.15) is 29.5 Å². The van der Waals surface area contributed by atoms with Crippen molar-refractivity contribution in [1.82, 2.24) is 18.9 Å². The van der Waals surface area contributed by atoms with Crippen molar-refractivity contribution >= 4 is 62.6 Å². The Balaban J connectivity index is 1.29. The highest BCUT2D eigenvalue weighted by Crippen LogP contribution is 2.46. The van der Waals surface area contributed by atoms with Crippen LogP contribution in [0, 0.1) is 27.7 Å². The van der Waals surface area contributed by atoms with Gasteiger partial charge in [-0.2, -0.15) is 5.10 Å². The molecule has 1 atom stereocenters. The van der Waals surface area contributed by atoms with Crippen LogP contribution < -0.4 is 14.4 Å². The molecule has 0 bridgehead atoms. The maximum Gasteiger partial charge on any atom is 0.352 e. The topological polar surface area (TPSA) is 113 Å². The van der Waals surface area contributed by atoms with E-state index in [4.69, 9.17) is 42.5 Å². The fourth-order valence-electron chi connectivity index (χ4n) is 8.92. The van der Waals surface area contributed by atoms with Crippen LogP contribution in [-0.4, -0.2) is 62.8 Å². The van der Waals surface area contributed by atoms with Crippen LogP contribution in [0.3, 0.4) is 0 Å². The van der Waals surface area contributed by atoms with Crippen LogP contribution in [0.2, 0.25) is 10.0 Å². The second-order valence-electron chi connectivity index (χ2n) is 15.9. The summed E-state index contributed by atoms with van der Waals surface area (Å²) in [6, 6.07) is 22.7. The zero-order valence-corrected chi connectivity index (χ0v) is 36.9. The van der Waals surface area contributed by atoms with E-state index in [1.807, 2.05) is 106 Å². The summed E-state index contributed by atoms with van der Waals surface area (Å²) < 4.78 is 23.8. The molecule has 13 heteroatoms. The number of halogens is 2. The molecule has 4 heterocycles. The number of amides is 1. The number of fused-ring (bicyclic) bond motifs is 4. The van der Waals surface area contributed by atoms with Crippen molar-refractivity contribution in [2.75, 3.05) is 31.8 Å². The monoisotopic (exact) mass is 861 g/mol. The maximum atomic E-state index is 15.6. The van der Waals surface area contributed by atoms with Gasteiger partial charge in [0.25, 0.3) is 5.91 Å². The SMILES string of the molecule is COCCn1c(C(=O)O)cc2cc(OCc3ccccc3)cc(N3C[C@@H](C)n4c(c(CCCOc5cc(C)c(Cl)c(C)c5)c5ccc(Cl)c(-c6c(C)nn(C)c6C)c54)C3=O)c21. The first-order valence-electron chi connectivity index (χ1n) is 20.4. The third-order valence-electron chi connectivity index (χ3n) is 11.8. The second-order valence-corrected chi connectivity index (χ2v) is 16.7. The first-order chi connectivity index (χ1) is 29.3. The van der Waals surface area contributed by atoms with Crippen LogP contribution in [-0.2, 0) is 31.4 Å². The number of hydrogen-bond donors (Lipinski definition) is 1. The van der Waals surface area contributed by atoms with Gasteiger partial charge in [0.2, 0.25) is 0 Å². The molecule has 1 amide bonds. The lowest BCUT2D eigenvalue weighted by Gasteiger charge is -2.35. The summed E-state index contributed by atoms with van der Waals surface area (Å²) >= 11 is 13.6. The molecule has 11 nitrogen and oxygen atoms in total. The highest BCUT2D eigenvalue weighted by molar-refractivity contribution is 6.35. The predicted molar refractivity (Wildman–Crippen MR) is 241 cm³/mol. The molecule has 0 fully saturated rings. The van der Waals surface area contributed by atoms with Gasteiger partial charge in [0, 0.05) is 72.0 Å². The largest absolute Gasteiger partial charge is 0.494 e. The summed E-state index contributed by atoms with van der Waals surface area (Å²) in [5.74, 6) is -0.0392. The molecule has 0 aliphatic carbocycles. The number of benzene rings is 4. The van der Waals surface area contributed by atoms with Crippen molar-refractivity contribution in [3.8, 4) is 22.6 Å². The molecule has 0 spiro atoms. The Morgan fingerprint density at radius 3 is 2.30 bits per heavy atom. The number of carbonyl (C=O) groups excluding carboxylic acids is 1. The number of rotatable bonds is 14. The van der Waals surface area contributed by atoms with Crippen LogP contribution in [0.15, 0.2) is 72.8 Å². The minimum Gasteiger partial charge on any atom is -0.494 e. The summed E-state index contributed by atoms with van der Waals surface area (Å²) in [4.78, 5) is 30.1. The Labute approximate surface area is 364 Å². The molecule has 8 rings (SSSR count). The van der Waals surface area contributed by atoms with Crippen molar-refractivity contribution in [1.29, 1.82) is 0 Å². The highest BCUT2D eigenvalue weighted by Gasteiger charge is 2.38. The molecule has 4 aromatic carbocycles. The van der Waals surface area contributed by atoms with E-state index in [1.54, 1.807) is 22.6 Å². The Morgan fingerprint density at radius 2 is 1.62 bits per heavy atom. The van der Waals surface area contributed by atoms with E-state index in [0.29, 0.717) is 65.7 Å². The van der Waals surface area contributed by atoms with Gasteiger partial charge < -0.3 is 33.4 Å². The standard InChI is InChI=1S/C48H49Cl2N5O6/c1-27-20-34(21-28(2)43(27)50)60-18-11-14-36-37-15-16-38(49)42(41-30(4)51-52(6)31(41)5)45(37)55-29(3)25-54(47(56)46(36)55)39-24-35(61-26-32-12-9-8-10-13-32)22-33-23-40(48(57)58)53(44(33)39)17-19-59-7/h8-10,12-13,15-16,20-24,29H,11,14,17-19,25-26H2,1-7H3,(H,57,58)/t29-/m1/s1. The van der Waals surface area contributed by atoms with E-state index in [-0.39, 0.29) is 30.8 Å². The third-order valence-corrected chi connectivity index (χ3v) is 12.7. The fourth-order valence-corrected chi connectivity index (χ4v) is 9.28. The molecular formula is C48H49Cl2N5O6. The molecule has 61 heavy (non-hydrogen) atoms. The molecule has 1 aliphatic rings. The van der Waals surface area contributed by atoms with Crippen molar-refractivity contribution in [2.24, 2.45) is 7.05 Å². The molecule has 0 radical (unpaired) electrons. The van der Waals surface area contributed by atoms with Gasteiger partial charge in [-0.25, -0.2) is 4.79 Å². The summed E-state index contributed by atoms with van der Waals surface area (Å²) in [6.07, 6.45) is 1.15. The number of nitrogens with zero attached hydrogens (tertiary/aromatic N) is 5. The van der Waals surface area contributed by atoms with E-state index in [2.05, 4.69) is 11.5 Å². The Morgan fingerprint density at radius 1 is 0.902 bits per heavy atom. The number of methoxy groups -OCH3 is 1. The molecule has 1 N–H and O–H groups in total. The van der Waals surface area contributed by atoms with E-state index >= 15 is 4.79 Å². The average Bonchev–Trinajstić information content (AvgIpc) is 3.86. The van der Waals surface area contributed by atoms with E-state index < -0.39 is 5.97 Å². The minimum absolute atomic E-state index is 0.0911. The number of carboxylic acid groups (broad SMARTS) is 1. The molecule has 0 saturated carbocycles. The van der Waals surface area contributed by atoms with Gasteiger partial charge in [-0.1, -0.05) is 59.6 Å². The minimum atomic E-state index is -1.08. The Bertz CT molecular complexity index is 2820. The highest BCUT2D eigenvalue weighted by atomic mass is 35.5. The van der Waals surface area contributed by atoms with Gasteiger partial charge in [0.05, 0.1) is 40.7 Å². The lowest BCUT2D eigenvalue weighted by atomic mass is 9.98. The van der Waals surface area contributed by atoms with Crippen molar-refractivity contribution in [3.63, 3.8) is 0 Å². The van der Waals surface area contributed by atoms with Gasteiger partial charge >= 0.3 is 5.97 Å².